The number of aryl methyl sites for hydroxylation is 4. The van der Waals surface area contributed by atoms with Gasteiger partial charge in [-0.15, -0.1) is 0 Å². The Morgan fingerprint density at radius 3 is 1.32 bits per heavy atom. The van der Waals surface area contributed by atoms with Gasteiger partial charge in [-0.05, 0) is 204 Å². The predicted molar refractivity (Wildman–Crippen MR) is 289 cm³/mol. The first-order valence-electron chi connectivity index (χ1n) is 23.8. The van der Waals surface area contributed by atoms with E-state index in [0.29, 0.717) is 0 Å². The van der Waals surface area contributed by atoms with Crippen molar-refractivity contribution in [3.8, 4) is 44.5 Å². The smallest absolute Gasteiger partial charge is 0.000719 e. The summed E-state index contributed by atoms with van der Waals surface area (Å²) in [6.07, 6.45) is 0. The normalized spacial score (nSPS) is 12.7. The third-order valence-corrected chi connectivity index (χ3v) is 15.1. The first-order chi connectivity index (χ1) is 31.7. The third-order valence-electron chi connectivity index (χ3n) is 15.1. The van der Waals surface area contributed by atoms with Gasteiger partial charge in [0.05, 0.1) is 0 Å². The second-order valence-electron chi connectivity index (χ2n) is 21.4. The summed E-state index contributed by atoms with van der Waals surface area (Å²) in [5, 5.41) is 18.5. The number of fused-ring (bicyclic) bond motifs is 8. The van der Waals surface area contributed by atoms with Crippen LogP contribution in [0.4, 0.5) is 0 Å². The van der Waals surface area contributed by atoms with Crippen molar-refractivity contribution in [3.05, 3.63) is 191 Å². The molecule has 66 heavy (non-hydrogen) atoms. The van der Waals surface area contributed by atoms with E-state index in [1.807, 2.05) is 0 Å². The van der Waals surface area contributed by atoms with Crippen molar-refractivity contribution in [1.29, 1.82) is 0 Å². The highest BCUT2D eigenvalue weighted by molar-refractivity contribution is 6.45. The highest BCUT2D eigenvalue weighted by Crippen LogP contribution is 2.55. The molecule has 0 heteroatoms. The minimum Gasteiger partial charge on any atom is -0.0622 e. The quantitative estimate of drug-likeness (QED) is 0.155. The molecule has 0 aliphatic heterocycles. The molecular formula is C66H56. The molecule has 0 unspecified atom stereocenters. The second-order valence-corrected chi connectivity index (χ2v) is 21.4. The van der Waals surface area contributed by atoms with E-state index in [-0.39, 0.29) is 10.8 Å². The van der Waals surface area contributed by atoms with Crippen LogP contribution in [-0.2, 0) is 10.8 Å². The zero-order valence-electron chi connectivity index (χ0n) is 40.0. The summed E-state index contributed by atoms with van der Waals surface area (Å²) in [6, 6.07) is 60.9. The lowest BCUT2D eigenvalue weighted by atomic mass is 9.82. The monoisotopic (exact) mass is 848 g/mol. The molecular weight excluding hydrogens is 793 g/mol. The van der Waals surface area contributed by atoms with Crippen molar-refractivity contribution in [3.63, 3.8) is 0 Å². The fourth-order valence-electron chi connectivity index (χ4n) is 12.1. The molecule has 0 aliphatic rings. The summed E-state index contributed by atoms with van der Waals surface area (Å²) in [4.78, 5) is 0. The molecule has 0 amide bonds. The van der Waals surface area contributed by atoms with Crippen LogP contribution in [0.25, 0.3) is 120 Å². The standard InChI is InChI=1S/C66H56/c1-37-31-44(65(5,6)7)32-38(2)56(37)43-27-28-46-53(35-43)48-24-18-25-50-61(48)54(46)36-55-58(41-19-13-11-14-20-41)63-51-26-17-23-47-49(57-39(3)33-45(34-40(57)4)66(8,9)10)29-30-52(60(47)51)64(63)59(62(50)55)42-21-15-12-16-22-42/h11-36H,1-10H3. The topological polar surface area (TPSA) is 0 Å². The number of hydrogen-bond acceptors (Lipinski definition) is 0. The Kier molecular flexibility index (Phi) is 8.73. The average molecular weight is 849 g/mol. The van der Waals surface area contributed by atoms with Gasteiger partial charge in [-0.3, -0.25) is 0 Å². The largest absolute Gasteiger partial charge is 0.0622 e. The maximum absolute atomic E-state index is 2.56. The molecule has 0 radical (unpaired) electrons. The Morgan fingerprint density at radius 1 is 0.258 bits per heavy atom. The van der Waals surface area contributed by atoms with E-state index in [1.165, 1.54) is 153 Å². The van der Waals surface area contributed by atoms with Crippen LogP contribution in [0.3, 0.4) is 0 Å². The van der Waals surface area contributed by atoms with Crippen LogP contribution >= 0.6 is 0 Å². The SMILES string of the molecule is Cc1cc(C(C)(C)C)cc(C)c1-c1ccc2c(c1)c1cccc3c4c(-c5ccccc5)c5c6ccc(-c7c(C)cc(C(C)(C)C)cc7C)c7cccc(c5c(-c5ccccc5)c4cc2c13)c76. The summed E-state index contributed by atoms with van der Waals surface area (Å²) in [7, 11) is 0. The van der Waals surface area contributed by atoms with Crippen molar-refractivity contribution < 1.29 is 0 Å². The molecule has 12 aromatic carbocycles. The zero-order chi connectivity index (χ0) is 45.6. The first-order valence-corrected chi connectivity index (χ1v) is 23.8. The molecule has 12 rings (SSSR count). The van der Waals surface area contributed by atoms with E-state index in [1.54, 1.807) is 0 Å². The van der Waals surface area contributed by atoms with Gasteiger partial charge in [0, 0.05) is 0 Å². The van der Waals surface area contributed by atoms with Crippen molar-refractivity contribution in [1.82, 2.24) is 0 Å². The van der Waals surface area contributed by atoms with Gasteiger partial charge >= 0.3 is 0 Å². The highest BCUT2D eigenvalue weighted by Gasteiger charge is 2.28. The van der Waals surface area contributed by atoms with Crippen LogP contribution in [0.5, 0.6) is 0 Å². The maximum atomic E-state index is 2.56. The zero-order valence-corrected chi connectivity index (χ0v) is 40.0. The minimum atomic E-state index is 0.0782. The van der Waals surface area contributed by atoms with Crippen LogP contribution < -0.4 is 0 Å². The van der Waals surface area contributed by atoms with Crippen LogP contribution in [0.1, 0.15) is 74.9 Å². The molecule has 12 aromatic rings. The summed E-state index contributed by atoms with van der Waals surface area (Å²) in [5.74, 6) is 0. The lowest BCUT2D eigenvalue weighted by Gasteiger charge is -2.23. The molecule has 0 aromatic heterocycles. The van der Waals surface area contributed by atoms with E-state index in [9.17, 15) is 0 Å². The molecule has 0 spiro atoms. The van der Waals surface area contributed by atoms with E-state index >= 15 is 0 Å². The van der Waals surface area contributed by atoms with E-state index in [0.717, 1.165) is 0 Å². The average Bonchev–Trinajstić information content (AvgIpc) is 3.79. The van der Waals surface area contributed by atoms with Crippen LogP contribution in [0, 0.1) is 27.7 Å². The summed E-state index contributed by atoms with van der Waals surface area (Å²) in [5.41, 5.74) is 18.7. The Balaban J connectivity index is 1.24. The lowest BCUT2D eigenvalue weighted by molar-refractivity contribution is 0.589. The van der Waals surface area contributed by atoms with Gasteiger partial charge in [0.1, 0.15) is 0 Å². The first kappa shape index (κ1) is 40.5. The third kappa shape index (κ3) is 5.83. The van der Waals surface area contributed by atoms with Crippen molar-refractivity contribution in [2.24, 2.45) is 0 Å². The summed E-state index contributed by atoms with van der Waals surface area (Å²) in [6.45, 7) is 23.0. The Labute approximate surface area is 389 Å². The van der Waals surface area contributed by atoms with Gasteiger partial charge in [0.2, 0.25) is 0 Å². The van der Waals surface area contributed by atoms with Gasteiger partial charge in [-0.2, -0.15) is 0 Å². The van der Waals surface area contributed by atoms with Gasteiger partial charge in [0.15, 0.2) is 0 Å². The number of rotatable bonds is 4. The second kappa shape index (κ2) is 14.2. The fourth-order valence-corrected chi connectivity index (χ4v) is 12.1. The van der Waals surface area contributed by atoms with Gasteiger partial charge in [-0.25, -0.2) is 0 Å². The van der Waals surface area contributed by atoms with Crippen LogP contribution in [0.15, 0.2) is 158 Å². The molecule has 0 fully saturated rings. The molecule has 0 atom stereocenters. The van der Waals surface area contributed by atoms with Crippen molar-refractivity contribution in [2.45, 2.75) is 80.1 Å². The minimum absolute atomic E-state index is 0.0782. The molecule has 0 saturated carbocycles. The fraction of sp³-hybridized carbons (Fsp3) is 0.182. The summed E-state index contributed by atoms with van der Waals surface area (Å²) >= 11 is 0. The van der Waals surface area contributed by atoms with Gasteiger partial charge < -0.3 is 0 Å². The van der Waals surface area contributed by atoms with Crippen LogP contribution in [-0.4, -0.2) is 0 Å². The number of hydrogen-bond donors (Lipinski definition) is 0. The molecule has 0 saturated heterocycles. The molecule has 0 heterocycles. The van der Waals surface area contributed by atoms with Crippen molar-refractivity contribution >= 4 is 75.4 Å². The van der Waals surface area contributed by atoms with Gasteiger partial charge in [0.25, 0.3) is 0 Å². The van der Waals surface area contributed by atoms with Crippen LogP contribution in [0.2, 0.25) is 0 Å². The van der Waals surface area contributed by atoms with Crippen molar-refractivity contribution in [2.75, 3.05) is 0 Å². The Morgan fingerprint density at radius 2 is 0.727 bits per heavy atom. The van der Waals surface area contributed by atoms with E-state index in [4.69, 9.17) is 0 Å². The molecule has 320 valence electrons. The van der Waals surface area contributed by atoms with E-state index < -0.39 is 0 Å². The predicted octanol–water partition coefficient (Wildman–Crippen LogP) is 19.1. The lowest BCUT2D eigenvalue weighted by Crippen LogP contribution is -2.12. The number of benzene rings is 10. The van der Waals surface area contributed by atoms with E-state index in [2.05, 4.69) is 227 Å². The Bertz CT molecular complexity index is 3900. The molecule has 0 aliphatic carbocycles. The molecule has 0 N–H and O–H groups in total. The maximum Gasteiger partial charge on any atom is -0.000719 e. The highest BCUT2D eigenvalue weighted by atomic mass is 14.3. The molecule has 0 nitrogen and oxygen atoms in total. The molecule has 0 bridgehead atoms. The Hall–Kier alpha value is -7.02. The van der Waals surface area contributed by atoms with Gasteiger partial charge in [-0.1, -0.05) is 187 Å². The summed E-state index contributed by atoms with van der Waals surface area (Å²) < 4.78 is 0.